The van der Waals surface area contributed by atoms with E-state index in [1.165, 1.54) is 4.57 Å². The van der Waals surface area contributed by atoms with E-state index in [0.717, 1.165) is 28.9 Å². The monoisotopic (exact) mass is 283 g/mol. The Balaban J connectivity index is 1.92. The fraction of sp³-hybridized carbons (Fsp3) is 0.294. The fourth-order valence-electron chi connectivity index (χ4n) is 3.63. The Hall–Kier alpha value is -2.36. The van der Waals surface area contributed by atoms with Gasteiger partial charge in [-0.1, -0.05) is 18.2 Å². The van der Waals surface area contributed by atoms with E-state index < -0.39 is 0 Å². The number of rotatable bonds is 2. The molecule has 2 aliphatic carbocycles. The quantitative estimate of drug-likeness (QED) is 0.831. The summed E-state index contributed by atoms with van der Waals surface area (Å²) in [6.07, 6.45) is 5.20. The van der Waals surface area contributed by atoms with Gasteiger partial charge in [0, 0.05) is 29.0 Å². The van der Waals surface area contributed by atoms with Crippen molar-refractivity contribution in [3.63, 3.8) is 0 Å². The number of nitrogens with zero attached hydrogens (tertiary/aromatic N) is 1. The molecule has 2 N–H and O–H groups in total. The number of aromatic hydroxyl groups is 2. The van der Waals surface area contributed by atoms with Crippen LogP contribution < -0.4 is 4.74 Å². The van der Waals surface area contributed by atoms with E-state index in [9.17, 15) is 10.2 Å². The molecule has 4 nitrogen and oxygen atoms in total. The van der Waals surface area contributed by atoms with Gasteiger partial charge < -0.3 is 14.9 Å². The summed E-state index contributed by atoms with van der Waals surface area (Å²) in [6.45, 7) is 1.96. The normalized spacial score (nSPS) is 21.8. The second kappa shape index (κ2) is 4.07. The highest BCUT2D eigenvalue weighted by Gasteiger charge is 2.41. The lowest BCUT2D eigenvalue weighted by Gasteiger charge is -2.12. The Morgan fingerprint density at radius 1 is 1.10 bits per heavy atom. The van der Waals surface area contributed by atoms with Crippen molar-refractivity contribution in [1.82, 2.24) is 4.57 Å². The molecule has 0 spiro atoms. The molecular formula is C17H17NO3. The Kier molecular flexibility index (Phi) is 2.40. The van der Waals surface area contributed by atoms with Gasteiger partial charge in [-0.3, -0.25) is 4.57 Å². The third-order valence-electron chi connectivity index (χ3n) is 4.67. The minimum Gasteiger partial charge on any atom is -0.496 e. The maximum Gasteiger partial charge on any atom is 0.202 e. The number of hydrogen-bond donors (Lipinski definition) is 2. The number of allylic oxidation sites excluding steroid dienone is 2. The van der Waals surface area contributed by atoms with E-state index >= 15 is 0 Å². The zero-order chi connectivity index (χ0) is 14.7. The molecule has 21 heavy (non-hydrogen) atoms. The first kappa shape index (κ1) is 12.4. The van der Waals surface area contributed by atoms with Gasteiger partial charge in [-0.25, -0.2) is 0 Å². The molecule has 2 aromatic rings. The number of benzene rings is 1. The average Bonchev–Trinajstić information content (AvgIpc) is 3.14. The summed E-state index contributed by atoms with van der Waals surface area (Å²) >= 11 is 0. The van der Waals surface area contributed by atoms with Crippen molar-refractivity contribution < 1.29 is 14.9 Å². The van der Waals surface area contributed by atoms with Crippen LogP contribution in [0.4, 0.5) is 0 Å². The highest BCUT2D eigenvalue weighted by molar-refractivity contribution is 5.62. The molecule has 108 valence electrons. The Morgan fingerprint density at radius 3 is 2.29 bits per heavy atom. The summed E-state index contributed by atoms with van der Waals surface area (Å²) < 4.78 is 6.84. The molecule has 0 unspecified atom stereocenters. The molecule has 0 saturated carbocycles. The number of ether oxygens (including phenoxy) is 1. The molecular weight excluding hydrogens is 266 g/mol. The van der Waals surface area contributed by atoms with Crippen molar-refractivity contribution in [3.05, 3.63) is 47.0 Å². The third-order valence-corrected chi connectivity index (χ3v) is 4.67. The van der Waals surface area contributed by atoms with E-state index in [2.05, 4.69) is 12.2 Å². The van der Waals surface area contributed by atoms with Crippen LogP contribution >= 0.6 is 0 Å². The molecule has 4 heteroatoms. The van der Waals surface area contributed by atoms with Crippen molar-refractivity contribution >= 4 is 0 Å². The molecule has 0 aliphatic heterocycles. The van der Waals surface area contributed by atoms with Crippen LogP contribution in [0, 0.1) is 6.92 Å². The molecule has 0 fully saturated rings. The molecule has 0 saturated heterocycles. The van der Waals surface area contributed by atoms with Gasteiger partial charge in [0.05, 0.1) is 12.8 Å². The summed E-state index contributed by atoms with van der Waals surface area (Å²) in [5.74, 6) is 1.48. The molecule has 1 aromatic carbocycles. The summed E-state index contributed by atoms with van der Waals surface area (Å²) in [5.41, 5.74) is 3.47. The Morgan fingerprint density at radius 2 is 1.71 bits per heavy atom. The first-order valence-electron chi connectivity index (χ1n) is 7.11. The first-order valence-corrected chi connectivity index (χ1v) is 7.11. The van der Waals surface area contributed by atoms with Crippen LogP contribution in [0.2, 0.25) is 0 Å². The van der Waals surface area contributed by atoms with Crippen LogP contribution in [0.15, 0.2) is 30.4 Å². The maximum absolute atomic E-state index is 10.6. The van der Waals surface area contributed by atoms with Crippen molar-refractivity contribution in [2.24, 2.45) is 0 Å². The van der Waals surface area contributed by atoms with E-state index in [1.807, 2.05) is 25.1 Å². The van der Waals surface area contributed by atoms with Gasteiger partial charge in [-0.15, -0.1) is 0 Å². The van der Waals surface area contributed by atoms with Gasteiger partial charge in [0.1, 0.15) is 5.75 Å². The van der Waals surface area contributed by atoms with E-state index in [0.29, 0.717) is 5.69 Å². The highest BCUT2D eigenvalue weighted by Crippen LogP contribution is 2.57. The predicted octanol–water partition coefficient (Wildman–Crippen LogP) is 3.35. The zero-order valence-electron chi connectivity index (χ0n) is 12.0. The van der Waals surface area contributed by atoms with E-state index in [-0.39, 0.29) is 23.6 Å². The summed E-state index contributed by atoms with van der Waals surface area (Å²) in [7, 11) is 1.62. The molecule has 2 atom stereocenters. The highest BCUT2D eigenvalue weighted by atomic mass is 16.5. The zero-order valence-corrected chi connectivity index (χ0v) is 12.0. The van der Waals surface area contributed by atoms with Crippen LogP contribution in [0.1, 0.15) is 34.9 Å². The molecule has 1 heterocycles. The van der Waals surface area contributed by atoms with Gasteiger partial charge in [0.25, 0.3) is 0 Å². The minimum absolute atomic E-state index is 0.144. The predicted molar refractivity (Wildman–Crippen MR) is 79.6 cm³/mol. The summed E-state index contributed by atoms with van der Waals surface area (Å²) in [5, 5.41) is 21.1. The Bertz CT molecular complexity index is 737. The molecule has 4 rings (SSSR count). The maximum atomic E-state index is 10.6. The fourth-order valence-corrected chi connectivity index (χ4v) is 3.63. The van der Waals surface area contributed by atoms with Crippen LogP contribution in [-0.2, 0) is 0 Å². The van der Waals surface area contributed by atoms with E-state index in [1.54, 1.807) is 7.11 Å². The molecule has 0 amide bonds. The molecule has 2 aliphatic rings. The number of aromatic nitrogens is 1. The SMILES string of the molecule is COc1cc(-n2c(O)c3c(c2O)[C@H]2C=C[C@@H]3C2)ccc1C. The second-order valence-electron chi connectivity index (χ2n) is 5.80. The third kappa shape index (κ3) is 1.50. The van der Waals surface area contributed by atoms with Crippen molar-refractivity contribution in [2.75, 3.05) is 7.11 Å². The Labute approximate surface area is 122 Å². The first-order chi connectivity index (χ1) is 10.1. The standard InChI is InChI=1S/C17H17NO3/c1-9-3-6-12(8-13(9)21-2)18-16(19)14-10-4-5-11(7-10)15(14)17(18)20/h3-6,8,10-11,19-20H,7H2,1-2H3/t10-,11+. The van der Waals surface area contributed by atoms with E-state index in [4.69, 9.17) is 4.74 Å². The minimum atomic E-state index is 0.144. The summed E-state index contributed by atoms with van der Waals surface area (Å²) in [4.78, 5) is 0. The topological polar surface area (TPSA) is 54.6 Å². The average molecular weight is 283 g/mol. The van der Waals surface area contributed by atoms with Gasteiger partial charge in [0.15, 0.2) is 0 Å². The lowest BCUT2D eigenvalue weighted by molar-refractivity contribution is 0.393. The van der Waals surface area contributed by atoms with Crippen LogP contribution in [0.25, 0.3) is 5.69 Å². The summed E-state index contributed by atoms with van der Waals surface area (Å²) in [6, 6.07) is 5.63. The van der Waals surface area contributed by atoms with Crippen LogP contribution in [-0.4, -0.2) is 21.9 Å². The van der Waals surface area contributed by atoms with Crippen molar-refractivity contribution in [1.29, 1.82) is 0 Å². The second-order valence-corrected chi connectivity index (χ2v) is 5.80. The number of fused-ring (bicyclic) bond motifs is 5. The van der Waals surface area contributed by atoms with Gasteiger partial charge in [0.2, 0.25) is 11.8 Å². The van der Waals surface area contributed by atoms with Crippen molar-refractivity contribution in [2.45, 2.75) is 25.2 Å². The van der Waals surface area contributed by atoms with Gasteiger partial charge in [-0.2, -0.15) is 0 Å². The largest absolute Gasteiger partial charge is 0.496 e. The number of aryl methyl sites for hydroxylation is 1. The molecule has 0 radical (unpaired) electrons. The van der Waals surface area contributed by atoms with Crippen LogP contribution in [0.5, 0.6) is 17.5 Å². The molecule has 2 bridgehead atoms. The number of hydrogen-bond acceptors (Lipinski definition) is 3. The number of methoxy groups -OCH3 is 1. The lowest BCUT2D eigenvalue weighted by Crippen LogP contribution is -1.97. The van der Waals surface area contributed by atoms with Gasteiger partial charge >= 0.3 is 0 Å². The lowest BCUT2D eigenvalue weighted by atomic mass is 10.0. The smallest absolute Gasteiger partial charge is 0.202 e. The van der Waals surface area contributed by atoms with Crippen LogP contribution in [0.3, 0.4) is 0 Å². The van der Waals surface area contributed by atoms with Crippen molar-refractivity contribution in [3.8, 4) is 23.2 Å². The van der Waals surface area contributed by atoms with Gasteiger partial charge in [-0.05, 0) is 25.0 Å². The molecule has 1 aromatic heterocycles.